The maximum atomic E-state index is 13.0. The van der Waals surface area contributed by atoms with Crippen LogP contribution in [0.3, 0.4) is 0 Å². The van der Waals surface area contributed by atoms with Crippen LogP contribution in [-0.4, -0.2) is 33.6 Å². The van der Waals surface area contributed by atoms with E-state index >= 15 is 0 Å². The first kappa shape index (κ1) is 19.3. The van der Waals surface area contributed by atoms with E-state index in [9.17, 15) is 35.9 Å². The second-order valence-corrected chi connectivity index (χ2v) is 5.03. The van der Waals surface area contributed by atoms with Gasteiger partial charge in [0.25, 0.3) is 0 Å². The van der Waals surface area contributed by atoms with Gasteiger partial charge in [-0.05, 0) is 12.1 Å². The molecule has 2 aromatic rings. The van der Waals surface area contributed by atoms with Gasteiger partial charge in [-0.25, -0.2) is 9.78 Å². The highest BCUT2D eigenvalue weighted by Gasteiger charge is 2.39. The molecule has 0 spiro atoms. The van der Waals surface area contributed by atoms with E-state index in [2.05, 4.69) is 15.3 Å². The Hall–Kier alpha value is -2.99. The fourth-order valence-corrected chi connectivity index (χ4v) is 2.03. The molecule has 1 heterocycles. The molecule has 2 rings (SSSR count). The van der Waals surface area contributed by atoms with Crippen LogP contribution >= 0.6 is 0 Å². The minimum absolute atomic E-state index is 0.0394. The first-order valence-electron chi connectivity index (χ1n) is 6.78. The zero-order valence-electron chi connectivity index (χ0n) is 12.5. The number of amides is 2. The van der Waals surface area contributed by atoms with Crippen molar-refractivity contribution in [2.24, 2.45) is 0 Å². The molecule has 0 aliphatic heterocycles. The van der Waals surface area contributed by atoms with Crippen molar-refractivity contribution >= 4 is 23.0 Å². The lowest BCUT2D eigenvalue weighted by atomic mass is 10.1. The summed E-state index contributed by atoms with van der Waals surface area (Å²) >= 11 is 0. The van der Waals surface area contributed by atoms with Gasteiger partial charge in [-0.15, -0.1) is 0 Å². The monoisotopic (exact) mass is 384 g/mol. The molecule has 26 heavy (non-hydrogen) atoms. The summed E-state index contributed by atoms with van der Waals surface area (Å²) in [5, 5.41) is 12.3. The molecule has 0 saturated carbocycles. The van der Waals surface area contributed by atoms with Crippen LogP contribution < -0.4 is 10.6 Å². The predicted octanol–water partition coefficient (Wildman–Crippen LogP) is 2.48. The highest BCUT2D eigenvalue weighted by atomic mass is 19.4. The van der Waals surface area contributed by atoms with Gasteiger partial charge in [0.15, 0.2) is 0 Å². The minimum atomic E-state index is -5.07. The van der Waals surface area contributed by atoms with Crippen LogP contribution in [0.25, 0.3) is 11.0 Å². The minimum Gasteiger partial charge on any atom is -0.465 e. The number of hydrogen-bond donors (Lipinski definition) is 4. The summed E-state index contributed by atoms with van der Waals surface area (Å²) in [7, 11) is 0. The number of carbonyl (C=O) groups excluding carboxylic acids is 1. The standard InChI is InChI=1S/C13H10F6N4O3/c14-12(15,16)5-1-6(13(17,18)19)10-7(2-5)22-8(23-10)3-20-9(24)4-21-11(25)26/h1-2,21H,3-4H2,(H,20,24)(H,22,23)(H,25,26). The Labute approximate surface area is 140 Å². The van der Waals surface area contributed by atoms with E-state index < -0.39 is 59.6 Å². The first-order valence-corrected chi connectivity index (χ1v) is 6.78. The van der Waals surface area contributed by atoms with E-state index in [1.165, 1.54) is 0 Å². The Morgan fingerprint density at radius 1 is 1.08 bits per heavy atom. The van der Waals surface area contributed by atoms with Crippen LogP contribution in [0.15, 0.2) is 12.1 Å². The number of carbonyl (C=O) groups is 2. The van der Waals surface area contributed by atoms with Crippen LogP contribution in [0.1, 0.15) is 17.0 Å². The molecule has 13 heteroatoms. The van der Waals surface area contributed by atoms with Gasteiger partial charge in [-0.2, -0.15) is 26.3 Å². The van der Waals surface area contributed by atoms with Gasteiger partial charge >= 0.3 is 18.4 Å². The number of benzene rings is 1. The Morgan fingerprint density at radius 2 is 1.73 bits per heavy atom. The van der Waals surface area contributed by atoms with E-state index in [1.807, 2.05) is 0 Å². The van der Waals surface area contributed by atoms with Gasteiger partial charge in [-0.1, -0.05) is 0 Å². The number of aromatic amines is 1. The van der Waals surface area contributed by atoms with Crippen molar-refractivity contribution in [3.63, 3.8) is 0 Å². The lowest BCUT2D eigenvalue weighted by Crippen LogP contribution is -2.36. The Kier molecular flexibility index (Phi) is 5.00. The highest BCUT2D eigenvalue weighted by Crippen LogP contribution is 2.39. The molecule has 0 saturated heterocycles. The molecule has 0 radical (unpaired) electrons. The van der Waals surface area contributed by atoms with Gasteiger partial charge in [0.1, 0.15) is 11.3 Å². The largest absolute Gasteiger partial charge is 0.465 e. The average molecular weight is 384 g/mol. The van der Waals surface area contributed by atoms with E-state index in [4.69, 9.17) is 5.11 Å². The molecule has 0 unspecified atom stereocenters. The summed E-state index contributed by atoms with van der Waals surface area (Å²) in [5.74, 6) is -1.03. The van der Waals surface area contributed by atoms with Crippen molar-refractivity contribution in [1.29, 1.82) is 0 Å². The van der Waals surface area contributed by atoms with Crippen LogP contribution in [0.4, 0.5) is 31.1 Å². The Balaban J connectivity index is 2.31. The molecular weight excluding hydrogens is 374 g/mol. The van der Waals surface area contributed by atoms with Gasteiger partial charge < -0.3 is 20.7 Å². The molecule has 0 aliphatic carbocycles. The molecule has 7 nitrogen and oxygen atoms in total. The number of nitrogens with zero attached hydrogens (tertiary/aromatic N) is 1. The fraction of sp³-hybridized carbons (Fsp3) is 0.308. The molecular formula is C13H10F6N4O3. The maximum Gasteiger partial charge on any atom is 0.418 e. The second-order valence-electron chi connectivity index (χ2n) is 5.03. The Morgan fingerprint density at radius 3 is 2.27 bits per heavy atom. The van der Waals surface area contributed by atoms with Crippen molar-refractivity contribution in [2.75, 3.05) is 6.54 Å². The number of aromatic nitrogens is 2. The topological polar surface area (TPSA) is 107 Å². The Bertz CT molecular complexity index is 843. The average Bonchev–Trinajstić information content (AvgIpc) is 2.90. The van der Waals surface area contributed by atoms with E-state index in [0.717, 1.165) is 0 Å². The van der Waals surface area contributed by atoms with Crippen LogP contribution in [-0.2, 0) is 23.7 Å². The van der Waals surface area contributed by atoms with Crippen molar-refractivity contribution in [1.82, 2.24) is 20.6 Å². The lowest BCUT2D eigenvalue weighted by Gasteiger charge is -2.11. The number of imidazole rings is 1. The zero-order chi connectivity index (χ0) is 19.7. The van der Waals surface area contributed by atoms with Gasteiger partial charge in [0, 0.05) is 0 Å². The molecule has 1 aromatic carbocycles. The quantitative estimate of drug-likeness (QED) is 0.608. The van der Waals surface area contributed by atoms with E-state index in [1.54, 1.807) is 5.32 Å². The number of rotatable bonds is 4. The third-order valence-electron chi connectivity index (χ3n) is 3.12. The van der Waals surface area contributed by atoms with Gasteiger partial charge in [0.05, 0.1) is 29.7 Å². The molecule has 0 atom stereocenters. The van der Waals surface area contributed by atoms with Crippen LogP contribution in [0.2, 0.25) is 0 Å². The summed E-state index contributed by atoms with van der Waals surface area (Å²) in [6.07, 6.45) is -11.5. The highest BCUT2D eigenvalue weighted by molar-refractivity contribution is 5.82. The number of carboxylic acid groups (broad SMARTS) is 1. The molecule has 1 aromatic heterocycles. The van der Waals surface area contributed by atoms with Crippen molar-refractivity contribution in [3.8, 4) is 0 Å². The molecule has 2 amide bonds. The van der Waals surface area contributed by atoms with Crippen molar-refractivity contribution in [2.45, 2.75) is 18.9 Å². The third-order valence-corrected chi connectivity index (χ3v) is 3.12. The van der Waals surface area contributed by atoms with E-state index in [0.29, 0.717) is 6.07 Å². The van der Waals surface area contributed by atoms with Gasteiger partial charge in [-0.3, -0.25) is 4.79 Å². The number of hydrogen-bond acceptors (Lipinski definition) is 3. The molecule has 0 bridgehead atoms. The lowest BCUT2D eigenvalue weighted by molar-refractivity contribution is -0.142. The van der Waals surface area contributed by atoms with Crippen LogP contribution in [0.5, 0.6) is 0 Å². The van der Waals surface area contributed by atoms with Crippen LogP contribution in [0, 0.1) is 0 Å². The summed E-state index contributed by atoms with van der Waals surface area (Å²) in [4.78, 5) is 27.4. The van der Waals surface area contributed by atoms with Gasteiger partial charge in [0.2, 0.25) is 5.91 Å². The normalized spacial score (nSPS) is 12.2. The number of H-pyrrole nitrogens is 1. The summed E-state index contributed by atoms with van der Waals surface area (Å²) < 4.78 is 77.4. The number of halogens is 6. The third kappa shape index (κ3) is 4.55. The summed E-state index contributed by atoms with van der Waals surface area (Å²) in [5.41, 5.74) is -4.29. The van der Waals surface area contributed by atoms with Crippen molar-refractivity contribution < 1.29 is 41.0 Å². The predicted molar refractivity (Wildman–Crippen MR) is 74.0 cm³/mol. The smallest absolute Gasteiger partial charge is 0.418 e. The zero-order valence-corrected chi connectivity index (χ0v) is 12.5. The number of fused-ring (bicyclic) bond motifs is 1. The fourth-order valence-electron chi connectivity index (χ4n) is 2.03. The summed E-state index contributed by atoms with van der Waals surface area (Å²) in [6, 6.07) is 0.442. The molecule has 0 fully saturated rings. The number of nitrogens with one attached hydrogen (secondary N) is 3. The molecule has 4 N–H and O–H groups in total. The molecule has 142 valence electrons. The van der Waals surface area contributed by atoms with E-state index in [-0.39, 0.29) is 11.9 Å². The van der Waals surface area contributed by atoms with Crippen molar-refractivity contribution in [3.05, 3.63) is 29.1 Å². The SMILES string of the molecule is O=C(O)NCC(=O)NCc1nc2c(C(F)(F)F)cc(C(F)(F)F)cc2[nH]1. The second kappa shape index (κ2) is 6.72. The molecule has 0 aliphatic rings. The maximum absolute atomic E-state index is 13.0. The first-order chi connectivity index (χ1) is 11.9. The summed E-state index contributed by atoms with van der Waals surface area (Å²) in [6.45, 7) is -1.05. The number of alkyl halides is 6.